The van der Waals surface area contributed by atoms with Crippen LogP contribution in [0.5, 0.6) is 0 Å². The maximum absolute atomic E-state index is 7.49. The molecule has 0 radical (unpaired) electrons. The Hall–Kier alpha value is -0.653. The Balaban J connectivity index is 2.50. The summed E-state index contributed by atoms with van der Waals surface area (Å²) >= 11 is 3.51. The molecule has 5 heteroatoms. The number of anilines is 1. The van der Waals surface area contributed by atoms with Gasteiger partial charge in [0.25, 0.3) is 0 Å². The minimum atomic E-state index is -1.02. The zero-order valence-corrected chi connectivity index (χ0v) is 14.7. The molecule has 1 rings (SSSR count). The smallest absolute Gasteiger partial charge is 0.116 e. The molecule has 0 aliphatic rings. The fourth-order valence-electron chi connectivity index (χ4n) is 1.58. The minimum Gasteiger partial charge on any atom is -0.362 e. The molecule has 0 saturated heterocycles. The molecule has 106 valence electrons. The van der Waals surface area contributed by atoms with Gasteiger partial charge in [-0.15, -0.1) is 0 Å². The number of rotatable bonds is 7. The fourth-order valence-corrected chi connectivity index (χ4v) is 2.79. The third-order valence-electron chi connectivity index (χ3n) is 2.88. The Bertz CT molecular complexity index is 444. The van der Waals surface area contributed by atoms with Crippen molar-refractivity contribution in [1.82, 2.24) is 0 Å². The molecule has 0 atom stereocenters. The number of halogens is 1. The fraction of sp³-hybridized carbons (Fsp3) is 0.500. The lowest BCUT2D eigenvalue weighted by molar-refractivity contribution is 0.166. The van der Waals surface area contributed by atoms with Crippen molar-refractivity contribution < 1.29 is 4.74 Å². The summed E-state index contributed by atoms with van der Waals surface area (Å²) in [5.74, 6) is 0. The Morgan fingerprint density at radius 1 is 1.37 bits per heavy atom. The summed E-state index contributed by atoms with van der Waals surface area (Å²) in [4.78, 5) is 0. The third-order valence-corrected chi connectivity index (χ3v) is 5.63. The highest BCUT2D eigenvalue weighted by Gasteiger charge is 2.12. The second kappa shape index (κ2) is 7.22. The summed E-state index contributed by atoms with van der Waals surface area (Å²) in [5.41, 5.74) is 2.93. The first-order chi connectivity index (χ1) is 8.85. The first kappa shape index (κ1) is 16.4. The molecule has 19 heavy (non-hydrogen) atoms. The van der Waals surface area contributed by atoms with E-state index >= 15 is 0 Å². The van der Waals surface area contributed by atoms with Crippen LogP contribution in [0.4, 0.5) is 5.69 Å². The Morgan fingerprint density at radius 3 is 2.63 bits per heavy atom. The van der Waals surface area contributed by atoms with Crippen LogP contribution in [-0.4, -0.2) is 27.6 Å². The van der Waals surface area contributed by atoms with Gasteiger partial charge in [-0.2, -0.15) is 0 Å². The Kier molecular flexibility index (Phi) is 6.23. The van der Waals surface area contributed by atoms with Crippen LogP contribution in [-0.2, 0) is 4.74 Å². The van der Waals surface area contributed by atoms with E-state index < -0.39 is 8.07 Å². The molecule has 0 heterocycles. The molecular formula is C14H23BrN2OSi. The van der Waals surface area contributed by atoms with Gasteiger partial charge in [0.1, 0.15) is 6.73 Å². The lowest BCUT2D eigenvalue weighted by Gasteiger charge is -2.16. The maximum atomic E-state index is 7.49. The van der Waals surface area contributed by atoms with Gasteiger partial charge >= 0.3 is 0 Å². The lowest BCUT2D eigenvalue weighted by Crippen LogP contribution is -2.22. The number of hydrogen-bond acceptors (Lipinski definition) is 3. The van der Waals surface area contributed by atoms with Gasteiger partial charge in [0.2, 0.25) is 0 Å². The molecule has 0 aromatic heterocycles. The molecule has 2 N–H and O–H groups in total. The standard InChI is InChI=1S/C14H23BrN2OSi/c1-11-5-6-13(12(9-16)14(11)15)17-10-18-7-8-19(2,3)4/h5-6,9,16-17H,7-8,10H2,1-4H3. The van der Waals surface area contributed by atoms with E-state index in [1.165, 1.54) is 12.3 Å². The van der Waals surface area contributed by atoms with Crippen molar-refractivity contribution in [3.63, 3.8) is 0 Å². The molecular weight excluding hydrogens is 320 g/mol. The van der Waals surface area contributed by atoms with E-state index in [1.807, 2.05) is 19.1 Å². The van der Waals surface area contributed by atoms with Gasteiger partial charge in [-0.3, -0.25) is 0 Å². The van der Waals surface area contributed by atoms with E-state index in [2.05, 4.69) is 40.9 Å². The van der Waals surface area contributed by atoms with E-state index in [0.29, 0.717) is 6.73 Å². The normalized spacial score (nSPS) is 11.4. The zero-order valence-electron chi connectivity index (χ0n) is 12.1. The van der Waals surface area contributed by atoms with E-state index in [-0.39, 0.29) is 0 Å². The summed E-state index contributed by atoms with van der Waals surface area (Å²) in [6, 6.07) is 5.19. The van der Waals surface area contributed by atoms with Gasteiger partial charge < -0.3 is 15.5 Å². The lowest BCUT2D eigenvalue weighted by atomic mass is 10.1. The average molecular weight is 343 g/mol. The third kappa shape index (κ3) is 5.46. The predicted octanol–water partition coefficient (Wildman–Crippen LogP) is 4.48. The highest BCUT2D eigenvalue weighted by atomic mass is 79.9. The van der Waals surface area contributed by atoms with Crippen LogP contribution < -0.4 is 5.32 Å². The average Bonchev–Trinajstić information content (AvgIpc) is 2.32. The molecule has 0 bridgehead atoms. The first-order valence-electron chi connectivity index (χ1n) is 6.46. The van der Waals surface area contributed by atoms with Crippen molar-refractivity contribution in [3.8, 4) is 0 Å². The SMILES string of the molecule is Cc1ccc(NCOCC[Si](C)(C)C)c(C=N)c1Br. The summed E-state index contributed by atoms with van der Waals surface area (Å²) in [5, 5.41) is 10.7. The van der Waals surface area contributed by atoms with Crippen molar-refractivity contribution in [3.05, 3.63) is 27.7 Å². The van der Waals surface area contributed by atoms with Crippen LogP contribution in [0, 0.1) is 12.3 Å². The minimum absolute atomic E-state index is 0.487. The molecule has 3 nitrogen and oxygen atoms in total. The van der Waals surface area contributed by atoms with Gasteiger partial charge in [-0.25, -0.2) is 0 Å². The van der Waals surface area contributed by atoms with Gasteiger partial charge in [0.05, 0.1) is 0 Å². The van der Waals surface area contributed by atoms with Gasteiger partial charge in [-0.05, 0) is 40.5 Å². The van der Waals surface area contributed by atoms with Crippen molar-refractivity contribution in [2.75, 3.05) is 18.7 Å². The van der Waals surface area contributed by atoms with E-state index in [9.17, 15) is 0 Å². The number of benzene rings is 1. The highest BCUT2D eigenvalue weighted by Crippen LogP contribution is 2.26. The van der Waals surface area contributed by atoms with Crippen molar-refractivity contribution in [1.29, 1.82) is 5.41 Å². The molecule has 1 aromatic rings. The largest absolute Gasteiger partial charge is 0.362 e. The second-order valence-corrected chi connectivity index (χ2v) is 12.3. The van der Waals surface area contributed by atoms with Crippen LogP contribution in [0.1, 0.15) is 11.1 Å². The summed E-state index contributed by atoms with van der Waals surface area (Å²) < 4.78 is 6.58. The molecule has 0 fully saturated rings. The number of hydrogen-bond donors (Lipinski definition) is 2. The van der Waals surface area contributed by atoms with E-state index in [4.69, 9.17) is 10.1 Å². The molecule has 1 aromatic carbocycles. The van der Waals surface area contributed by atoms with Crippen LogP contribution in [0.25, 0.3) is 0 Å². The molecule has 0 spiro atoms. The van der Waals surface area contributed by atoms with E-state index in [0.717, 1.165) is 27.9 Å². The number of nitrogens with one attached hydrogen (secondary N) is 2. The number of aryl methyl sites for hydroxylation is 1. The topological polar surface area (TPSA) is 45.1 Å². The zero-order chi connectivity index (χ0) is 14.5. The van der Waals surface area contributed by atoms with Crippen molar-refractivity contribution in [2.45, 2.75) is 32.6 Å². The van der Waals surface area contributed by atoms with Gasteiger partial charge in [-0.1, -0.05) is 25.7 Å². The number of ether oxygens (including phenoxy) is 1. The summed E-state index contributed by atoms with van der Waals surface area (Å²) in [6.07, 6.45) is 1.36. The van der Waals surface area contributed by atoms with Gasteiger partial charge in [0.15, 0.2) is 0 Å². The molecule has 0 aliphatic heterocycles. The summed E-state index contributed by atoms with van der Waals surface area (Å²) in [6.45, 7) is 10.3. The first-order valence-corrected chi connectivity index (χ1v) is 11.0. The van der Waals surface area contributed by atoms with Crippen molar-refractivity contribution in [2.24, 2.45) is 0 Å². The van der Waals surface area contributed by atoms with Crippen LogP contribution in [0.3, 0.4) is 0 Å². The molecule has 0 unspecified atom stereocenters. The van der Waals surface area contributed by atoms with Crippen LogP contribution in [0.2, 0.25) is 25.7 Å². The molecule has 0 aliphatic carbocycles. The quantitative estimate of drug-likeness (QED) is 0.332. The highest BCUT2D eigenvalue weighted by molar-refractivity contribution is 9.10. The van der Waals surface area contributed by atoms with Crippen LogP contribution >= 0.6 is 15.9 Å². The Labute approximate surface area is 125 Å². The predicted molar refractivity (Wildman–Crippen MR) is 89.4 cm³/mol. The monoisotopic (exact) mass is 342 g/mol. The van der Waals surface area contributed by atoms with Crippen LogP contribution in [0.15, 0.2) is 16.6 Å². The summed E-state index contributed by atoms with van der Waals surface area (Å²) in [7, 11) is -1.02. The van der Waals surface area contributed by atoms with Gasteiger partial charge in [0, 0.05) is 36.6 Å². The van der Waals surface area contributed by atoms with E-state index in [1.54, 1.807) is 0 Å². The van der Waals surface area contributed by atoms with Crippen molar-refractivity contribution >= 4 is 35.9 Å². The maximum Gasteiger partial charge on any atom is 0.116 e. The molecule has 0 saturated carbocycles. The Morgan fingerprint density at radius 2 is 2.05 bits per heavy atom. The molecule has 0 amide bonds. The second-order valence-electron chi connectivity index (χ2n) is 5.84.